The molecule has 5 heteroatoms. The number of ether oxygens (including phenoxy) is 1. The molecule has 1 N–H and O–H groups in total. The Labute approximate surface area is 174 Å². The van der Waals surface area contributed by atoms with Crippen LogP contribution < -0.4 is 10.1 Å². The van der Waals surface area contributed by atoms with Crippen LogP contribution in [0, 0.1) is 0 Å². The first-order valence-corrected chi connectivity index (χ1v) is 10.9. The van der Waals surface area contributed by atoms with E-state index in [4.69, 9.17) is 26.9 Å². The van der Waals surface area contributed by atoms with Crippen LogP contribution >= 0.6 is 12.2 Å². The third-order valence-corrected chi connectivity index (χ3v) is 6.06. The molecule has 1 aliphatic rings. The largest absolute Gasteiger partial charge is 0.496 e. The predicted octanol–water partition coefficient (Wildman–Crippen LogP) is 5.54. The van der Waals surface area contributed by atoms with Crippen LogP contribution in [-0.2, 0) is 19.3 Å². The Morgan fingerprint density at radius 3 is 2.32 bits per heavy atom. The molecule has 1 aromatic heterocycles. The summed E-state index contributed by atoms with van der Waals surface area (Å²) in [5.41, 5.74) is 6.43. The molecule has 0 spiro atoms. The fourth-order valence-electron chi connectivity index (χ4n) is 3.84. The Morgan fingerprint density at radius 2 is 1.71 bits per heavy atom. The Kier molecular flexibility index (Phi) is 6.65. The number of aryl methyl sites for hydroxylation is 3. The van der Waals surface area contributed by atoms with Gasteiger partial charge in [0.25, 0.3) is 0 Å². The topological polar surface area (TPSA) is 47.0 Å². The quantitative estimate of drug-likeness (QED) is 0.593. The van der Waals surface area contributed by atoms with E-state index in [1.807, 2.05) is 0 Å². The maximum absolute atomic E-state index is 5.73. The average Bonchev–Trinajstić information content (AvgIpc) is 3.10. The number of nitrogens with one attached hydrogen (secondary N) is 1. The van der Waals surface area contributed by atoms with E-state index in [9.17, 15) is 0 Å². The molecule has 28 heavy (non-hydrogen) atoms. The van der Waals surface area contributed by atoms with Gasteiger partial charge < -0.3 is 10.1 Å². The van der Waals surface area contributed by atoms with E-state index in [1.54, 1.807) is 7.11 Å². The van der Waals surface area contributed by atoms with E-state index in [2.05, 4.69) is 45.1 Å². The Morgan fingerprint density at radius 1 is 1.00 bits per heavy atom. The van der Waals surface area contributed by atoms with Crippen LogP contribution in [-0.4, -0.2) is 28.0 Å². The van der Waals surface area contributed by atoms with Crippen LogP contribution in [0.2, 0.25) is 0 Å². The minimum atomic E-state index is 0.422. The molecule has 0 aliphatic heterocycles. The third-order valence-electron chi connectivity index (χ3n) is 5.64. The van der Waals surface area contributed by atoms with Crippen molar-refractivity contribution >= 4 is 22.9 Å². The lowest BCUT2D eigenvalue weighted by Crippen LogP contribution is -2.20. The Balaban J connectivity index is 2.13. The van der Waals surface area contributed by atoms with Gasteiger partial charge in [-0.15, -0.1) is 0 Å². The summed E-state index contributed by atoms with van der Waals surface area (Å²) in [6.07, 6.45) is 5.75. The number of nitrogens with zero attached hydrogens (tertiary/aromatic N) is 2. The zero-order chi connectivity index (χ0) is 20.3. The smallest absolute Gasteiger partial charge is 0.148 e. The molecule has 1 aliphatic carbocycles. The van der Waals surface area contributed by atoms with Gasteiger partial charge in [-0.2, -0.15) is 0 Å². The zero-order valence-electron chi connectivity index (χ0n) is 17.7. The molecule has 0 saturated carbocycles. The number of methoxy groups -OCH3 is 1. The standard InChI is InChI=1S/C23H31N3OS/c1-6-15(7-2)24-23-19(9-4)25-22(18(8-3)26-23)17-12-14-10-11-21(28)16(14)13-20(17)27-5/h12-13,15H,6-11H2,1-5H3,(H,24,26). The summed E-state index contributed by atoms with van der Waals surface area (Å²) in [5.74, 6) is 1.76. The minimum Gasteiger partial charge on any atom is -0.496 e. The Bertz CT molecular complexity index is 875. The lowest BCUT2D eigenvalue weighted by molar-refractivity contribution is 0.416. The zero-order valence-corrected chi connectivity index (χ0v) is 18.5. The maximum Gasteiger partial charge on any atom is 0.148 e. The highest BCUT2D eigenvalue weighted by Crippen LogP contribution is 2.37. The number of hydrogen-bond donors (Lipinski definition) is 1. The van der Waals surface area contributed by atoms with Gasteiger partial charge in [0.1, 0.15) is 11.6 Å². The summed E-state index contributed by atoms with van der Waals surface area (Å²) >= 11 is 5.52. The van der Waals surface area contributed by atoms with Crippen LogP contribution in [0.5, 0.6) is 5.75 Å². The number of anilines is 1. The molecule has 150 valence electrons. The molecule has 0 saturated heterocycles. The number of rotatable bonds is 8. The maximum atomic E-state index is 5.73. The second-order valence-electron chi connectivity index (χ2n) is 7.31. The molecule has 2 aromatic rings. The summed E-state index contributed by atoms with van der Waals surface area (Å²) in [6.45, 7) is 8.68. The van der Waals surface area contributed by atoms with E-state index >= 15 is 0 Å². The van der Waals surface area contributed by atoms with Crippen LogP contribution in [0.4, 0.5) is 5.82 Å². The molecular weight excluding hydrogens is 366 g/mol. The Hall–Kier alpha value is -2.01. The van der Waals surface area contributed by atoms with Crippen molar-refractivity contribution in [1.82, 2.24) is 9.97 Å². The van der Waals surface area contributed by atoms with Crippen molar-refractivity contribution < 1.29 is 4.74 Å². The lowest BCUT2D eigenvalue weighted by atomic mass is 10.0. The van der Waals surface area contributed by atoms with Gasteiger partial charge in [0.05, 0.1) is 24.2 Å². The van der Waals surface area contributed by atoms with Gasteiger partial charge in [-0.25, -0.2) is 9.97 Å². The fourth-order valence-corrected chi connectivity index (χ4v) is 4.14. The molecule has 3 rings (SSSR count). The van der Waals surface area contributed by atoms with E-state index in [0.717, 1.165) is 83.2 Å². The van der Waals surface area contributed by atoms with Crippen molar-refractivity contribution in [2.24, 2.45) is 0 Å². The third kappa shape index (κ3) is 3.90. The van der Waals surface area contributed by atoms with E-state index < -0.39 is 0 Å². The summed E-state index contributed by atoms with van der Waals surface area (Å²) in [7, 11) is 1.71. The predicted molar refractivity (Wildman–Crippen MR) is 121 cm³/mol. The van der Waals surface area contributed by atoms with Crippen molar-refractivity contribution in [2.45, 2.75) is 72.3 Å². The first kappa shape index (κ1) is 20.7. The number of aromatic nitrogens is 2. The van der Waals surface area contributed by atoms with Crippen molar-refractivity contribution in [1.29, 1.82) is 0 Å². The van der Waals surface area contributed by atoms with Gasteiger partial charge in [-0.1, -0.05) is 39.9 Å². The van der Waals surface area contributed by atoms with Gasteiger partial charge in [-0.3, -0.25) is 0 Å². The van der Waals surface area contributed by atoms with Crippen molar-refractivity contribution in [3.05, 3.63) is 34.6 Å². The summed E-state index contributed by atoms with van der Waals surface area (Å²) in [4.78, 5) is 11.1. The van der Waals surface area contributed by atoms with Crippen LogP contribution in [0.25, 0.3) is 11.3 Å². The average molecular weight is 398 g/mol. The summed E-state index contributed by atoms with van der Waals surface area (Å²) < 4.78 is 5.73. The molecule has 0 bridgehead atoms. The second-order valence-corrected chi connectivity index (χ2v) is 7.80. The van der Waals surface area contributed by atoms with Gasteiger partial charge >= 0.3 is 0 Å². The molecule has 0 radical (unpaired) electrons. The highest BCUT2D eigenvalue weighted by Gasteiger charge is 2.23. The van der Waals surface area contributed by atoms with Crippen LogP contribution in [0.1, 0.15) is 69.5 Å². The number of benzene rings is 1. The molecular formula is C23H31N3OS. The van der Waals surface area contributed by atoms with E-state index in [1.165, 1.54) is 5.56 Å². The van der Waals surface area contributed by atoms with Gasteiger partial charge in [0, 0.05) is 16.5 Å². The monoisotopic (exact) mass is 397 g/mol. The highest BCUT2D eigenvalue weighted by atomic mass is 32.1. The molecule has 0 unspecified atom stereocenters. The first-order valence-electron chi connectivity index (χ1n) is 10.5. The van der Waals surface area contributed by atoms with Crippen LogP contribution in [0.15, 0.2) is 12.1 Å². The number of hydrogen-bond acceptors (Lipinski definition) is 5. The van der Waals surface area contributed by atoms with Gasteiger partial charge in [-0.05, 0) is 61.8 Å². The first-order chi connectivity index (χ1) is 13.6. The van der Waals surface area contributed by atoms with Crippen LogP contribution in [0.3, 0.4) is 0 Å². The van der Waals surface area contributed by atoms with E-state index in [-0.39, 0.29) is 0 Å². The highest BCUT2D eigenvalue weighted by molar-refractivity contribution is 7.80. The number of thiocarbonyl (C=S) groups is 1. The summed E-state index contributed by atoms with van der Waals surface area (Å²) in [5, 5.41) is 3.61. The fraction of sp³-hybridized carbons (Fsp3) is 0.522. The normalized spacial score (nSPS) is 13.1. The molecule has 1 heterocycles. The lowest BCUT2D eigenvalue weighted by Gasteiger charge is -2.20. The molecule has 0 fully saturated rings. The van der Waals surface area contributed by atoms with Crippen molar-refractivity contribution in [2.75, 3.05) is 12.4 Å². The van der Waals surface area contributed by atoms with Crippen molar-refractivity contribution in [3.8, 4) is 17.0 Å². The molecule has 0 atom stereocenters. The molecule has 1 aromatic carbocycles. The van der Waals surface area contributed by atoms with Crippen molar-refractivity contribution in [3.63, 3.8) is 0 Å². The van der Waals surface area contributed by atoms with Gasteiger partial charge in [0.2, 0.25) is 0 Å². The van der Waals surface area contributed by atoms with E-state index in [0.29, 0.717) is 6.04 Å². The second kappa shape index (κ2) is 8.99. The minimum absolute atomic E-state index is 0.422. The molecule has 4 nitrogen and oxygen atoms in total. The van der Waals surface area contributed by atoms with Gasteiger partial charge in [0.15, 0.2) is 0 Å². The summed E-state index contributed by atoms with van der Waals surface area (Å²) in [6, 6.07) is 4.72. The SMILES string of the molecule is CCc1nc(-c2cc3c(cc2OC)C(=S)CC3)c(CC)nc1NC(CC)CC. The number of fused-ring (bicyclic) bond motifs is 1. The molecule has 0 amide bonds.